The van der Waals surface area contributed by atoms with E-state index in [9.17, 15) is 9.59 Å². The molecular formula is C30H28BrNO5. The molecule has 2 heterocycles. The minimum absolute atomic E-state index is 0.0592. The normalized spacial score (nSPS) is 14.7. The quantitative estimate of drug-likeness (QED) is 0.201. The number of nitrogens with zero attached hydrogens (tertiary/aromatic N) is 1. The van der Waals surface area contributed by atoms with E-state index in [2.05, 4.69) is 22.9 Å². The monoisotopic (exact) mass is 561 g/mol. The highest BCUT2D eigenvalue weighted by atomic mass is 79.9. The van der Waals surface area contributed by atoms with E-state index in [0.29, 0.717) is 40.3 Å². The molecule has 0 bridgehead atoms. The van der Waals surface area contributed by atoms with Crippen LogP contribution in [0.2, 0.25) is 0 Å². The van der Waals surface area contributed by atoms with E-state index in [1.54, 1.807) is 36.3 Å². The lowest BCUT2D eigenvalue weighted by molar-refractivity contribution is 0.0971. The molecule has 0 radical (unpaired) electrons. The summed E-state index contributed by atoms with van der Waals surface area (Å²) in [7, 11) is 1.59. The molecule has 7 heteroatoms. The third kappa shape index (κ3) is 4.76. The first-order chi connectivity index (χ1) is 18.0. The fourth-order valence-electron chi connectivity index (χ4n) is 4.81. The van der Waals surface area contributed by atoms with Gasteiger partial charge in [-0.2, -0.15) is 0 Å². The van der Waals surface area contributed by atoms with Crippen LogP contribution < -0.4 is 19.8 Å². The molecule has 0 saturated carbocycles. The van der Waals surface area contributed by atoms with Crippen molar-refractivity contribution in [3.05, 3.63) is 98.3 Å². The number of carbonyl (C=O) groups is 1. The molecule has 1 aliphatic heterocycles. The lowest BCUT2D eigenvalue weighted by Gasteiger charge is -2.26. The van der Waals surface area contributed by atoms with Gasteiger partial charge in [-0.05, 0) is 54.4 Å². The third-order valence-corrected chi connectivity index (χ3v) is 7.12. The number of para-hydroxylation sites is 1. The Balaban J connectivity index is 1.62. The van der Waals surface area contributed by atoms with Crippen molar-refractivity contribution >= 4 is 38.5 Å². The van der Waals surface area contributed by atoms with Gasteiger partial charge in [0.05, 0.1) is 30.7 Å². The molecule has 1 atom stereocenters. The second kappa shape index (κ2) is 10.8. The third-order valence-electron chi connectivity index (χ3n) is 6.62. The van der Waals surface area contributed by atoms with Crippen LogP contribution in [0.1, 0.15) is 60.3 Å². The molecule has 37 heavy (non-hydrogen) atoms. The van der Waals surface area contributed by atoms with Gasteiger partial charge in [-0.15, -0.1) is 0 Å². The van der Waals surface area contributed by atoms with E-state index in [1.165, 1.54) is 6.42 Å². The van der Waals surface area contributed by atoms with E-state index in [0.717, 1.165) is 29.3 Å². The molecule has 1 amide bonds. The molecule has 6 nitrogen and oxygen atoms in total. The summed E-state index contributed by atoms with van der Waals surface area (Å²) < 4.78 is 18.5. The van der Waals surface area contributed by atoms with Gasteiger partial charge < -0.3 is 13.9 Å². The first-order valence-electron chi connectivity index (χ1n) is 12.5. The second-order valence-corrected chi connectivity index (χ2v) is 9.96. The summed E-state index contributed by atoms with van der Waals surface area (Å²) in [5.41, 5.74) is 1.86. The van der Waals surface area contributed by atoms with Gasteiger partial charge in [0.2, 0.25) is 5.76 Å². The number of hydrogen-bond donors (Lipinski definition) is 0. The molecule has 4 aromatic rings. The minimum Gasteiger partial charge on any atom is -0.493 e. The number of hydrogen-bond acceptors (Lipinski definition) is 5. The number of unbranched alkanes of at least 4 members (excludes halogenated alkanes) is 3. The van der Waals surface area contributed by atoms with Crippen molar-refractivity contribution in [1.82, 2.24) is 0 Å². The first kappa shape index (κ1) is 25.1. The Kier molecular flexibility index (Phi) is 7.33. The van der Waals surface area contributed by atoms with Crippen LogP contribution >= 0.6 is 15.9 Å². The van der Waals surface area contributed by atoms with Gasteiger partial charge in [0.15, 0.2) is 16.9 Å². The Morgan fingerprint density at radius 3 is 2.57 bits per heavy atom. The number of ether oxygens (including phenoxy) is 2. The van der Waals surface area contributed by atoms with Crippen LogP contribution in [0.5, 0.6) is 11.5 Å². The maximum atomic E-state index is 13.8. The number of fused-ring (bicyclic) bond motifs is 2. The van der Waals surface area contributed by atoms with Crippen molar-refractivity contribution < 1.29 is 18.7 Å². The summed E-state index contributed by atoms with van der Waals surface area (Å²) in [5.74, 6) is 0.875. The molecule has 0 N–H and O–H groups in total. The number of anilines is 1. The predicted molar refractivity (Wildman–Crippen MR) is 148 cm³/mol. The standard InChI is InChI=1S/C30H28BrNO5/c1-3-4-5-8-16-36-24-15-14-19(17-25(24)35-2)27-26-28(33)22-12-6-7-13-23(22)37-29(26)30(34)32(27)21-11-9-10-20(31)18-21/h6-7,9-15,17-18,27H,3-5,8,16H2,1-2H3. The largest absolute Gasteiger partial charge is 0.493 e. The van der Waals surface area contributed by atoms with E-state index >= 15 is 0 Å². The molecule has 3 aromatic carbocycles. The molecule has 1 aromatic heterocycles. The van der Waals surface area contributed by atoms with Crippen molar-refractivity contribution in [3.63, 3.8) is 0 Å². The van der Waals surface area contributed by atoms with Crippen LogP contribution in [-0.2, 0) is 0 Å². The van der Waals surface area contributed by atoms with Crippen molar-refractivity contribution in [3.8, 4) is 11.5 Å². The second-order valence-electron chi connectivity index (χ2n) is 9.05. The highest BCUT2D eigenvalue weighted by Crippen LogP contribution is 2.43. The highest BCUT2D eigenvalue weighted by Gasteiger charge is 2.44. The van der Waals surface area contributed by atoms with Gasteiger partial charge >= 0.3 is 0 Å². The predicted octanol–water partition coefficient (Wildman–Crippen LogP) is 7.27. The smallest absolute Gasteiger partial charge is 0.295 e. The lowest BCUT2D eigenvalue weighted by Crippen LogP contribution is -2.29. The van der Waals surface area contributed by atoms with Gasteiger partial charge in [0, 0.05) is 10.2 Å². The molecule has 0 fully saturated rings. The van der Waals surface area contributed by atoms with Crippen LogP contribution in [-0.4, -0.2) is 19.6 Å². The molecule has 5 rings (SSSR count). The first-order valence-corrected chi connectivity index (χ1v) is 13.3. The number of halogens is 1. The Bertz CT molecular complexity index is 1510. The maximum Gasteiger partial charge on any atom is 0.295 e. The van der Waals surface area contributed by atoms with Crippen LogP contribution in [0.3, 0.4) is 0 Å². The number of carbonyl (C=O) groups excluding carboxylic acids is 1. The molecule has 0 spiro atoms. The van der Waals surface area contributed by atoms with Gasteiger partial charge in [-0.25, -0.2) is 0 Å². The molecular weight excluding hydrogens is 534 g/mol. The van der Waals surface area contributed by atoms with Gasteiger partial charge in [-0.3, -0.25) is 14.5 Å². The van der Waals surface area contributed by atoms with Crippen LogP contribution in [0.25, 0.3) is 11.0 Å². The molecule has 190 valence electrons. The number of benzene rings is 3. The SMILES string of the molecule is CCCCCCOc1ccc(C2c3c(oc4ccccc4c3=O)C(=O)N2c2cccc(Br)c2)cc1OC. The highest BCUT2D eigenvalue weighted by molar-refractivity contribution is 9.10. The summed E-state index contributed by atoms with van der Waals surface area (Å²) in [5, 5.41) is 0.439. The Hall–Kier alpha value is -3.58. The van der Waals surface area contributed by atoms with Gasteiger partial charge in [0.1, 0.15) is 5.58 Å². The van der Waals surface area contributed by atoms with E-state index in [-0.39, 0.29) is 17.1 Å². The van der Waals surface area contributed by atoms with Crippen molar-refractivity contribution in [1.29, 1.82) is 0 Å². The van der Waals surface area contributed by atoms with E-state index in [4.69, 9.17) is 13.9 Å². The summed E-state index contributed by atoms with van der Waals surface area (Å²) >= 11 is 3.50. The van der Waals surface area contributed by atoms with Crippen LogP contribution in [0.15, 0.2) is 80.4 Å². The maximum absolute atomic E-state index is 13.8. The molecule has 1 unspecified atom stereocenters. The number of amides is 1. The molecule has 1 aliphatic rings. The average molecular weight is 562 g/mol. The summed E-state index contributed by atoms with van der Waals surface area (Å²) in [6.45, 7) is 2.77. The van der Waals surface area contributed by atoms with Gasteiger partial charge in [0.25, 0.3) is 5.91 Å². The van der Waals surface area contributed by atoms with E-state index < -0.39 is 6.04 Å². The Morgan fingerprint density at radius 1 is 0.946 bits per heavy atom. The Morgan fingerprint density at radius 2 is 1.78 bits per heavy atom. The summed E-state index contributed by atoms with van der Waals surface area (Å²) in [4.78, 5) is 29.1. The fraction of sp³-hybridized carbons (Fsp3) is 0.267. The van der Waals surface area contributed by atoms with Crippen molar-refractivity contribution in [2.75, 3.05) is 18.6 Å². The van der Waals surface area contributed by atoms with Crippen molar-refractivity contribution in [2.45, 2.75) is 38.6 Å². The zero-order chi connectivity index (χ0) is 25.9. The Labute approximate surface area is 223 Å². The topological polar surface area (TPSA) is 69.0 Å². The number of rotatable bonds is 9. The fourth-order valence-corrected chi connectivity index (χ4v) is 5.20. The summed E-state index contributed by atoms with van der Waals surface area (Å²) in [6, 6.07) is 19.3. The van der Waals surface area contributed by atoms with Crippen LogP contribution in [0.4, 0.5) is 5.69 Å². The average Bonchev–Trinajstić information content (AvgIpc) is 3.21. The summed E-state index contributed by atoms with van der Waals surface area (Å²) in [6.07, 6.45) is 4.42. The van der Waals surface area contributed by atoms with Gasteiger partial charge in [-0.1, -0.05) is 66.4 Å². The zero-order valence-electron chi connectivity index (χ0n) is 20.8. The number of methoxy groups -OCH3 is 1. The minimum atomic E-state index is -0.690. The van der Waals surface area contributed by atoms with Crippen molar-refractivity contribution in [2.24, 2.45) is 0 Å². The van der Waals surface area contributed by atoms with Crippen LogP contribution in [0, 0.1) is 0 Å². The molecule has 0 aliphatic carbocycles. The zero-order valence-corrected chi connectivity index (χ0v) is 22.4. The van der Waals surface area contributed by atoms with E-state index in [1.807, 2.05) is 42.5 Å². The lowest BCUT2D eigenvalue weighted by atomic mass is 9.97. The molecule has 0 saturated heterocycles.